The summed E-state index contributed by atoms with van der Waals surface area (Å²) in [6.07, 6.45) is 2.86. The lowest BCUT2D eigenvalue weighted by atomic mass is 10.2. The van der Waals surface area contributed by atoms with Gasteiger partial charge in [0.05, 0.1) is 17.9 Å². The minimum absolute atomic E-state index is 0.121. The van der Waals surface area contributed by atoms with Gasteiger partial charge in [-0.05, 0) is 12.1 Å². The van der Waals surface area contributed by atoms with Crippen molar-refractivity contribution in [3.8, 4) is 5.82 Å². The van der Waals surface area contributed by atoms with Crippen molar-refractivity contribution in [3.05, 3.63) is 36.0 Å². The van der Waals surface area contributed by atoms with Gasteiger partial charge in [-0.2, -0.15) is 5.10 Å². The highest BCUT2D eigenvalue weighted by atomic mass is 16.5. The second kappa shape index (κ2) is 4.71. The van der Waals surface area contributed by atoms with Gasteiger partial charge in [-0.25, -0.2) is 19.4 Å². The fourth-order valence-electron chi connectivity index (χ4n) is 1.39. The molecule has 0 aliphatic rings. The molecular weight excluding hydrogens is 224 g/mol. The fourth-order valence-corrected chi connectivity index (χ4v) is 1.39. The Labute approximate surface area is 96.7 Å². The molecule has 17 heavy (non-hydrogen) atoms. The topological polar surface area (TPSA) is 90.1 Å². The number of hydrogen-bond acceptors (Lipinski definition) is 5. The number of hydrogen-bond donors (Lipinski definition) is 1. The summed E-state index contributed by atoms with van der Waals surface area (Å²) in [6.45, 7) is 0.129. The van der Waals surface area contributed by atoms with Gasteiger partial charge in [0.2, 0.25) is 0 Å². The molecule has 88 valence electrons. The van der Waals surface area contributed by atoms with Crippen molar-refractivity contribution in [2.75, 3.05) is 7.11 Å². The highest BCUT2D eigenvalue weighted by molar-refractivity contribution is 5.88. The van der Waals surface area contributed by atoms with Crippen molar-refractivity contribution in [3.63, 3.8) is 0 Å². The lowest BCUT2D eigenvalue weighted by Crippen LogP contribution is -2.09. The lowest BCUT2D eigenvalue weighted by Gasteiger charge is -2.06. The SMILES string of the molecule is COCc1nc(-n2cncn2)ccc1C(=O)O. The molecule has 0 saturated heterocycles. The molecule has 0 bridgehead atoms. The molecule has 0 atom stereocenters. The molecule has 1 N–H and O–H groups in total. The van der Waals surface area contributed by atoms with Gasteiger partial charge in [0, 0.05) is 7.11 Å². The average Bonchev–Trinajstić information content (AvgIpc) is 2.82. The zero-order valence-electron chi connectivity index (χ0n) is 9.07. The third-order valence-corrected chi connectivity index (χ3v) is 2.12. The number of nitrogens with zero attached hydrogens (tertiary/aromatic N) is 4. The van der Waals surface area contributed by atoms with Crippen LogP contribution in [0, 0.1) is 0 Å². The van der Waals surface area contributed by atoms with Crippen LogP contribution in [0.3, 0.4) is 0 Å². The van der Waals surface area contributed by atoms with Crippen LogP contribution in [0.15, 0.2) is 24.8 Å². The quantitative estimate of drug-likeness (QED) is 0.828. The predicted molar refractivity (Wildman–Crippen MR) is 56.8 cm³/mol. The first-order chi connectivity index (χ1) is 8.22. The van der Waals surface area contributed by atoms with Crippen LogP contribution < -0.4 is 0 Å². The number of carboxylic acids is 1. The number of rotatable bonds is 4. The Morgan fingerprint density at radius 1 is 1.53 bits per heavy atom. The Balaban J connectivity index is 2.45. The molecule has 7 nitrogen and oxygen atoms in total. The van der Waals surface area contributed by atoms with E-state index in [-0.39, 0.29) is 12.2 Å². The Bertz CT molecular complexity index is 524. The zero-order chi connectivity index (χ0) is 12.3. The van der Waals surface area contributed by atoms with Crippen molar-refractivity contribution in [1.29, 1.82) is 0 Å². The molecule has 2 rings (SSSR count). The first-order valence-electron chi connectivity index (χ1n) is 4.79. The summed E-state index contributed by atoms with van der Waals surface area (Å²) < 4.78 is 6.37. The monoisotopic (exact) mass is 234 g/mol. The normalized spacial score (nSPS) is 10.4. The molecule has 0 radical (unpaired) electrons. The van der Waals surface area contributed by atoms with Crippen LogP contribution in [0.1, 0.15) is 16.1 Å². The summed E-state index contributed by atoms with van der Waals surface area (Å²) in [4.78, 5) is 18.9. The first-order valence-corrected chi connectivity index (χ1v) is 4.79. The molecule has 0 fully saturated rings. The smallest absolute Gasteiger partial charge is 0.337 e. The number of carbonyl (C=O) groups is 1. The molecule has 0 aliphatic carbocycles. The van der Waals surface area contributed by atoms with Gasteiger partial charge in [0.25, 0.3) is 0 Å². The molecular formula is C10H10N4O3. The Morgan fingerprint density at radius 2 is 2.35 bits per heavy atom. The van der Waals surface area contributed by atoms with Crippen LogP contribution in [-0.2, 0) is 11.3 Å². The predicted octanol–water partition coefficient (Wildman–Crippen LogP) is 0.507. The van der Waals surface area contributed by atoms with Crippen molar-refractivity contribution in [2.24, 2.45) is 0 Å². The fraction of sp³-hybridized carbons (Fsp3) is 0.200. The number of pyridine rings is 1. The summed E-state index contributed by atoms with van der Waals surface area (Å²) in [5.74, 6) is -0.533. The van der Waals surface area contributed by atoms with E-state index in [9.17, 15) is 4.79 Å². The molecule has 7 heteroatoms. The van der Waals surface area contributed by atoms with Gasteiger partial charge in [-0.15, -0.1) is 0 Å². The van der Waals surface area contributed by atoms with E-state index in [0.717, 1.165) is 0 Å². The molecule has 2 aromatic heterocycles. The lowest BCUT2D eigenvalue weighted by molar-refractivity contribution is 0.0690. The van der Waals surface area contributed by atoms with E-state index in [4.69, 9.17) is 9.84 Å². The van der Waals surface area contributed by atoms with Gasteiger partial charge in [0.1, 0.15) is 12.7 Å². The van der Waals surface area contributed by atoms with Crippen LogP contribution in [0.5, 0.6) is 0 Å². The maximum absolute atomic E-state index is 11.0. The number of ether oxygens (including phenoxy) is 1. The van der Waals surface area contributed by atoms with Crippen molar-refractivity contribution in [1.82, 2.24) is 19.7 Å². The number of aromatic carboxylic acids is 1. The molecule has 0 spiro atoms. The maximum Gasteiger partial charge on any atom is 0.337 e. The standard InChI is InChI=1S/C10H10N4O3/c1-17-4-8-7(10(15)16)2-3-9(13-8)14-6-11-5-12-14/h2-3,5-6H,4H2,1H3,(H,15,16). The minimum atomic E-state index is -1.03. The Morgan fingerprint density at radius 3 is 2.94 bits per heavy atom. The highest BCUT2D eigenvalue weighted by Gasteiger charge is 2.12. The maximum atomic E-state index is 11.0. The Kier molecular flexibility index (Phi) is 3.10. The average molecular weight is 234 g/mol. The van der Waals surface area contributed by atoms with Crippen LogP contribution in [-0.4, -0.2) is 37.9 Å². The van der Waals surface area contributed by atoms with Crippen LogP contribution in [0.25, 0.3) is 5.82 Å². The molecule has 0 aliphatic heterocycles. The molecule has 0 saturated carbocycles. The summed E-state index contributed by atoms with van der Waals surface area (Å²) in [6, 6.07) is 3.04. The minimum Gasteiger partial charge on any atom is -0.478 e. The van der Waals surface area contributed by atoms with Crippen LogP contribution >= 0.6 is 0 Å². The molecule has 2 heterocycles. The van der Waals surface area contributed by atoms with Gasteiger partial charge in [0.15, 0.2) is 5.82 Å². The molecule has 2 aromatic rings. The number of aromatic nitrogens is 4. The third kappa shape index (κ3) is 2.28. The van der Waals surface area contributed by atoms with Crippen molar-refractivity contribution < 1.29 is 14.6 Å². The first kappa shape index (κ1) is 11.2. The Hall–Kier alpha value is -2.28. The third-order valence-electron chi connectivity index (χ3n) is 2.12. The molecule has 0 aromatic carbocycles. The summed E-state index contributed by atoms with van der Waals surface area (Å²) in [5, 5.41) is 12.9. The molecule has 0 amide bonds. The van der Waals surface area contributed by atoms with Gasteiger partial charge >= 0.3 is 5.97 Å². The van der Waals surface area contributed by atoms with Gasteiger partial charge in [-0.1, -0.05) is 0 Å². The summed E-state index contributed by atoms with van der Waals surface area (Å²) in [5.41, 5.74) is 0.476. The summed E-state index contributed by atoms with van der Waals surface area (Å²) in [7, 11) is 1.48. The second-order valence-corrected chi connectivity index (χ2v) is 3.24. The van der Waals surface area contributed by atoms with Crippen molar-refractivity contribution in [2.45, 2.75) is 6.61 Å². The van der Waals surface area contributed by atoms with E-state index in [0.29, 0.717) is 11.5 Å². The van der Waals surface area contributed by atoms with E-state index < -0.39 is 5.97 Å². The van der Waals surface area contributed by atoms with E-state index in [1.807, 2.05) is 0 Å². The van der Waals surface area contributed by atoms with E-state index >= 15 is 0 Å². The van der Waals surface area contributed by atoms with Crippen LogP contribution in [0.4, 0.5) is 0 Å². The summed E-state index contributed by atoms with van der Waals surface area (Å²) >= 11 is 0. The van der Waals surface area contributed by atoms with Crippen molar-refractivity contribution >= 4 is 5.97 Å². The molecule has 0 unspecified atom stereocenters. The van der Waals surface area contributed by atoms with Crippen LogP contribution in [0.2, 0.25) is 0 Å². The van der Waals surface area contributed by atoms with Gasteiger partial charge in [-0.3, -0.25) is 0 Å². The van der Waals surface area contributed by atoms with E-state index in [1.54, 1.807) is 6.07 Å². The highest BCUT2D eigenvalue weighted by Crippen LogP contribution is 2.11. The number of methoxy groups -OCH3 is 1. The second-order valence-electron chi connectivity index (χ2n) is 3.24. The van der Waals surface area contributed by atoms with E-state index in [2.05, 4.69) is 15.1 Å². The van der Waals surface area contributed by atoms with Gasteiger partial charge < -0.3 is 9.84 Å². The zero-order valence-corrected chi connectivity index (χ0v) is 9.07. The number of carboxylic acid groups (broad SMARTS) is 1. The van der Waals surface area contributed by atoms with E-state index in [1.165, 1.54) is 30.5 Å². The largest absolute Gasteiger partial charge is 0.478 e.